The van der Waals surface area contributed by atoms with Crippen LogP contribution >= 0.6 is 11.3 Å². The third kappa shape index (κ3) is 4.30. The van der Waals surface area contributed by atoms with E-state index < -0.39 is 0 Å². The Labute approximate surface area is 295 Å². The van der Waals surface area contributed by atoms with Crippen molar-refractivity contribution in [2.24, 2.45) is 0 Å². The lowest BCUT2D eigenvalue weighted by Gasteiger charge is -2.11. The minimum Gasteiger partial charge on any atom is -0.456 e. The van der Waals surface area contributed by atoms with E-state index in [0.29, 0.717) is 17.5 Å². The highest BCUT2D eigenvalue weighted by molar-refractivity contribution is 7.27. The highest BCUT2D eigenvalue weighted by Crippen LogP contribution is 2.47. The molecule has 6 heteroatoms. The van der Waals surface area contributed by atoms with Gasteiger partial charge >= 0.3 is 0 Å². The number of para-hydroxylation sites is 2. The summed E-state index contributed by atoms with van der Waals surface area (Å²) in [6.07, 6.45) is 0. The van der Waals surface area contributed by atoms with Gasteiger partial charge < -0.3 is 8.98 Å². The van der Waals surface area contributed by atoms with E-state index in [9.17, 15) is 0 Å². The summed E-state index contributed by atoms with van der Waals surface area (Å²) in [5.74, 6) is 1.93. The van der Waals surface area contributed by atoms with E-state index in [1.807, 2.05) is 78.1 Å². The standard InChI is InChI=1S/C45H26N4OS/c1-3-12-27(13-4-1)43-46-44(28-14-5-2-6-15-28)48-45(47-43)29-16-11-17-30(26-29)49-35-20-9-7-18-33(35)39-36(49)24-22-31-32-23-25-38-40(42(32)51-41(31)39)34-19-8-10-21-37(34)50-38/h1-26H. The van der Waals surface area contributed by atoms with Gasteiger partial charge in [0, 0.05) is 64.1 Å². The zero-order chi connectivity index (χ0) is 33.5. The first kappa shape index (κ1) is 28.2. The molecule has 11 aromatic rings. The SMILES string of the molecule is c1ccc(-c2nc(-c3ccccc3)nc(-c3cccc(-n4c5ccccc5c5c6sc7c(ccc8oc9ccccc9c87)c6ccc54)c3)n2)cc1. The lowest BCUT2D eigenvalue weighted by atomic mass is 10.1. The van der Waals surface area contributed by atoms with Gasteiger partial charge in [0.25, 0.3) is 0 Å². The number of aromatic nitrogens is 4. The van der Waals surface area contributed by atoms with Gasteiger partial charge in [0.2, 0.25) is 0 Å². The largest absolute Gasteiger partial charge is 0.456 e. The summed E-state index contributed by atoms with van der Waals surface area (Å²) in [4.78, 5) is 14.9. The van der Waals surface area contributed by atoms with Gasteiger partial charge in [-0.25, -0.2) is 15.0 Å². The van der Waals surface area contributed by atoms with Crippen LogP contribution in [0.25, 0.3) is 104 Å². The maximum absolute atomic E-state index is 6.28. The Bertz CT molecular complexity index is 3080. The van der Waals surface area contributed by atoms with Gasteiger partial charge in [-0.15, -0.1) is 11.3 Å². The molecule has 4 aromatic heterocycles. The molecule has 0 spiro atoms. The molecule has 0 unspecified atom stereocenters. The zero-order valence-corrected chi connectivity index (χ0v) is 27.9. The number of thiophene rings is 1. The van der Waals surface area contributed by atoms with Gasteiger partial charge in [0.1, 0.15) is 11.2 Å². The number of furan rings is 1. The molecule has 0 aliphatic rings. The molecule has 51 heavy (non-hydrogen) atoms. The van der Waals surface area contributed by atoms with E-state index in [4.69, 9.17) is 19.4 Å². The Kier molecular flexibility index (Phi) is 6.05. The molecule has 0 aliphatic heterocycles. The minimum absolute atomic E-state index is 0.633. The van der Waals surface area contributed by atoms with Gasteiger partial charge in [-0.05, 0) is 42.5 Å². The van der Waals surface area contributed by atoms with Crippen LogP contribution in [0.1, 0.15) is 0 Å². The van der Waals surface area contributed by atoms with E-state index in [1.54, 1.807) is 0 Å². The van der Waals surface area contributed by atoms with Crippen molar-refractivity contribution >= 4 is 75.3 Å². The average molecular weight is 671 g/mol. The van der Waals surface area contributed by atoms with Crippen molar-refractivity contribution in [3.8, 4) is 39.9 Å². The number of nitrogens with zero attached hydrogens (tertiary/aromatic N) is 4. The van der Waals surface area contributed by atoms with Crippen molar-refractivity contribution in [1.29, 1.82) is 0 Å². The quantitative estimate of drug-likeness (QED) is 0.187. The second-order valence-electron chi connectivity index (χ2n) is 12.8. The van der Waals surface area contributed by atoms with Gasteiger partial charge in [-0.2, -0.15) is 0 Å². The average Bonchev–Trinajstić information content (AvgIpc) is 3.88. The normalized spacial score (nSPS) is 11.9. The molecule has 0 saturated carbocycles. The highest BCUT2D eigenvalue weighted by Gasteiger charge is 2.20. The molecule has 0 N–H and O–H groups in total. The number of benzene rings is 7. The Balaban J connectivity index is 1.14. The third-order valence-electron chi connectivity index (χ3n) is 9.84. The first-order chi connectivity index (χ1) is 25.3. The van der Waals surface area contributed by atoms with E-state index in [0.717, 1.165) is 50.0 Å². The molecule has 0 saturated heterocycles. The summed E-state index contributed by atoms with van der Waals surface area (Å²) >= 11 is 1.86. The van der Waals surface area contributed by atoms with Crippen LogP contribution in [-0.4, -0.2) is 19.5 Å². The Morgan fingerprint density at radius 3 is 1.75 bits per heavy atom. The molecule has 0 radical (unpaired) electrons. The Morgan fingerprint density at radius 1 is 0.412 bits per heavy atom. The van der Waals surface area contributed by atoms with Crippen LogP contribution in [0.3, 0.4) is 0 Å². The van der Waals surface area contributed by atoms with E-state index in [-0.39, 0.29) is 0 Å². The van der Waals surface area contributed by atoms with Crippen molar-refractivity contribution in [2.45, 2.75) is 0 Å². The first-order valence-corrected chi connectivity index (χ1v) is 17.8. The van der Waals surface area contributed by atoms with E-state index in [2.05, 4.69) is 95.6 Å². The summed E-state index contributed by atoms with van der Waals surface area (Å²) < 4.78 is 11.2. The van der Waals surface area contributed by atoms with Crippen LogP contribution in [0.2, 0.25) is 0 Å². The third-order valence-corrected chi connectivity index (χ3v) is 11.1. The fraction of sp³-hybridized carbons (Fsp3) is 0. The molecule has 0 aliphatic carbocycles. The van der Waals surface area contributed by atoms with Gasteiger partial charge in [0.05, 0.1) is 11.0 Å². The maximum atomic E-state index is 6.28. The van der Waals surface area contributed by atoms with Crippen LogP contribution in [0.4, 0.5) is 0 Å². The van der Waals surface area contributed by atoms with Crippen LogP contribution < -0.4 is 0 Å². The molecule has 0 bridgehead atoms. The zero-order valence-electron chi connectivity index (χ0n) is 27.1. The molecule has 5 nitrogen and oxygen atoms in total. The van der Waals surface area contributed by atoms with Crippen molar-refractivity contribution in [3.05, 3.63) is 158 Å². The predicted molar refractivity (Wildman–Crippen MR) is 211 cm³/mol. The fourth-order valence-electron chi connectivity index (χ4n) is 7.55. The monoisotopic (exact) mass is 670 g/mol. The molecule has 0 fully saturated rings. The molecule has 0 atom stereocenters. The topological polar surface area (TPSA) is 56.7 Å². The Hall–Kier alpha value is -6.63. The van der Waals surface area contributed by atoms with Gasteiger partial charge in [-0.3, -0.25) is 0 Å². The van der Waals surface area contributed by atoms with E-state index in [1.165, 1.54) is 36.3 Å². The molecule has 0 amide bonds. The van der Waals surface area contributed by atoms with Crippen LogP contribution in [-0.2, 0) is 0 Å². The molecular formula is C45H26N4OS. The van der Waals surface area contributed by atoms with Gasteiger partial charge in [-0.1, -0.05) is 115 Å². The van der Waals surface area contributed by atoms with Crippen molar-refractivity contribution in [2.75, 3.05) is 0 Å². The minimum atomic E-state index is 0.633. The summed E-state index contributed by atoms with van der Waals surface area (Å²) in [5.41, 5.74) is 8.02. The van der Waals surface area contributed by atoms with Gasteiger partial charge in [0.15, 0.2) is 17.5 Å². The molecular weight excluding hydrogens is 645 g/mol. The number of hydrogen-bond acceptors (Lipinski definition) is 5. The first-order valence-electron chi connectivity index (χ1n) is 16.9. The summed E-state index contributed by atoms with van der Waals surface area (Å²) in [7, 11) is 0. The smallest absolute Gasteiger partial charge is 0.164 e. The molecule has 7 aromatic carbocycles. The Morgan fingerprint density at radius 2 is 1.00 bits per heavy atom. The fourth-order valence-corrected chi connectivity index (χ4v) is 8.96. The summed E-state index contributed by atoms with van der Waals surface area (Å²) in [5, 5.41) is 7.35. The summed E-state index contributed by atoms with van der Waals surface area (Å²) in [6, 6.07) is 54.7. The van der Waals surface area contributed by atoms with Crippen LogP contribution in [0.15, 0.2) is 162 Å². The summed E-state index contributed by atoms with van der Waals surface area (Å²) in [6.45, 7) is 0. The second kappa shape index (κ2) is 10.9. The molecule has 11 rings (SSSR count). The lowest BCUT2D eigenvalue weighted by Crippen LogP contribution is -2.01. The van der Waals surface area contributed by atoms with Crippen molar-refractivity contribution in [1.82, 2.24) is 19.5 Å². The number of rotatable bonds is 4. The van der Waals surface area contributed by atoms with E-state index >= 15 is 0 Å². The van der Waals surface area contributed by atoms with Crippen molar-refractivity contribution < 1.29 is 4.42 Å². The molecule has 4 heterocycles. The highest BCUT2D eigenvalue weighted by atomic mass is 32.1. The number of fused-ring (bicyclic) bond motifs is 11. The van der Waals surface area contributed by atoms with Crippen LogP contribution in [0.5, 0.6) is 0 Å². The van der Waals surface area contributed by atoms with Crippen LogP contribution in [0, 0.1) is 0 Å². The maximum Gasteiger partial charge on any atom is 0.164 e. The lowest BCUT2D eigenvalue weighted by molar-refractivity contribution is 0.669. The van der Waals surface area contributed by atoms with Crippen molar-refractivity contribution in [3.63, 3.8) is 0 Å². The number of hydrogen-bond donors (Lipinski definition) is 0. The molecule has 238 valence electrons. The second-order valence-corrected chi connectivity index (χ2v) is 13.8. The predicted octanol–water partition coefficient (Wildman–Crippen LogP) is 12.2.